The molecule has 2 fully saturated rings. The van der Waals surface area contributed by atoms with Crippen LogP contribution >= 0.6 is 0 Å². The molecule has 1 aromatic rings. The van der Waals surface area contributed by atoms with Crippen LogP contribution in [0.15, 0.2) is 18.2 Å². The minimum absolute atomic E-state index is 0.0567. The second-order valence-corrected chi connectivity index (χ2v) is 7.57. The number of amides is 1. The molecular formula is C20H27N3O6. The van der Waals surface area contributed by atoms with Crippen LogP contribution in [0, 0.1) is 10.1 Å². The highest BCUT2D eigenvalue weighted by atomic mass is 16.6. The van der Waals surface area contributed by atoms with Crippen LogP contribution in [0.25, 0.3) is 0 Å². The van der Waals surface area contributed by atoms with Crippen LogP contribution in [0.3, 0.4) is 0 Å². The van der Waals surface area contributed by atoms with Crippen LogP contribution < -0.4 is 4.90 Å². The van der Waals surface area contributed by atoms with Crippen LogP contribution in [0.1, 0.15) is 43.5 Å². The third-order valence-corrected chi connectivity index (χ3v) is 5.57. The first-order valence-electron chi connectivity index (χ1n) is 9.98. The quantitative estimate of drug-likeness (QED) is 0.421. The largest absolute Gasteiger partial charge is 0.452 e. The molecule has 2 aliphatic heterocycles. The third kappa shape index (κ3) is 4.84. The average Bonchev–Trinajstić information content (AvgIpc) is 2.72. The lowest BCUT2D eigenvalue weighted by Crippen LogP contribution is -2.49. The van der Waals surface area contributed by atoms with Gasteiger partial charge in [-0.05, 0) is 45.2 Å². The molecule has 9 nitrogen and oxygen atoms in total. The normalized spacial score (nSPS) is 22.3. The summed E-state index contributed by atoms with van der Waals surface area (Å²) in [6, 6.07) is 4.48. The van der Waals surface area contributed by atoms with E-state index in [0.717, 1.165) is 19.3 Å². The number of hydrogen-bond donors (Lipinski definition) is 0. The number of piperidine rings is 1. The monoisotopic (exact) mass is 405 g/mol. The predicted molar refractivity (Wildman–Crippen MR) is 106 cm³/mol. The molecule has 2 atom stereocenters. The number of nitro groups is 1. The maximum Gasteiger partial charge on any atom is 0.338 e. The zero-order valence-electron chi connectivity index (χ0n) is 16.8. The van der Waals surface area contributed by atoms with Crippen LogP contribution in [0.4, 0.5) is 11.4 Å². The van der Waals surface area contributed by atoms with E-state index >= 15 is 0 Å². The number of benzene rings is 1. The van der Waals surface area contributed by atoms with Gasteiger partial charge in [-0.3, -0.25) is 14.9 Å². The molecular weight excluding hydrogens is 378 g/mol. The molecule has 0 N–H and O–H groups in total. The molecule has 9 heteroatoms. The van der Waals surface area contributed by atoms with Gasteiger partial charge < -0.3 is 19.3 Å². The van der Waals surface area contributed by atoms with Crippen molar-refractivity contribution in [2.45, 2.75) is 45.2 Å². The van der Waals surface area contributed by atoms with Crippen molar-refractivity contribution < 1.29 is 24.0 Å². The fourth-order valence-electron chi connectivity index (χ4n) is 4.07. The molecule has 1 amide bonds. The van der Waals surface area contributed by atoms with E-state index in [1.54, 1.807) is 11.0 Å². The lowest BCUT2D eigenvalue weighted by Gasteiger charge is -2.38. The highest BCUT2D eigenvalue weighted by Gasteiger charge is 2.30. The van der Waals surface area contributed by atoms with Gasteiger partial charge in [-0.1, -0.05) is 0 Å². The van der Waals surface area contributed by atoms with Crippen molar-refractivity contribution in [2.75, 3.05) is 37.8 Å². The lowest BCUT2D eigenvalue weighted by atomic mass is 9.97. The van der Waals surface area contributed by atoms with Gasteiger partial charge >= 0.3 is 5.97 Å². The molecule has 2 heterocycles. The third-order valence-electron chi connectivity index (χ3n) is 5.57. The van der Waals surface area contributed by atoms with Gasteiger partial charge in [0.1, 0.15) is 5.69 Å². The van der Waals surface area contributed by atoms with Crippen molar-refractivity contribution in [3.05, 3.63) is 33.9 Å². The number of ether oxygens (including phenoxy) is 2. The fourth-order valence-corrected chi connectivity index (χ4v) is 4.07. The summed E-state index contributed by atoms with van der Waals surface area (Å²) in [7, 11) is 0. The summed E-state index contributed by atoms with van der Waals surface area (Å²) in [6.45, 7) is 5.70. The van der Waals surface area contributed by atoms with Crippen molar-refractivity contribution >= 4 is 23.3 Å². The average molecular weight is 405 g/mol. The van der Waals surface area contributed by atoms with Gasteiger partial charge in [0.05, 0.1) is 23.7 Å². The second kappa shape index (κ2) is 9.21. The Hall–Kier alpha value is -2.68. The minimum atomic E-state index is -0.743. The number of likely N-dealkylation sites (tertiary alicyclic amines) is 1. The molecule has 1 aromatic carbocycles. The van der Waals surface area contributed by atoms with Crippen molar-refractivity contribution in [1.82, 2.24) is 4.90 Å². The number of carbonyl (C=O) groups excluding carboxylic acids is 2. The van der Waals surface area contributed by atoms with Gasteiger partial charge in [-0.25, -0.2) is 4.79 Å². The van der Waals surface area contributed by atoms with Crippen molar-refractivity contribution in [3.63, 3.8) is 0 Å². The number of morpholine rings is 1. The van der Waals surface area contributed by atoms with E-state index in [0.29, 0.717) is 32.0 Å². The summed E-state index contributed by atoms with van der Waals surface area (Å²) in [5.41, 5.74) is 0.342. The SMILES string of the molecule is C[C@@H]1CCC[C@H](C)N1C(=O)COC(=O)c1ccc(N2CCOCC2)c([N+](=O)[O-])c1. The molecule has 0 spiro atoms. The topological polar surface area (TPSA) is 102 Å². The van der Waals surface area contributed by atoms with Crippen molar-refractivity contribution in [1.29, 1.82) is 0 Å². The number of rotatable bonds is 5. The summed E-state index contributed by atoms with van der Waals surface area (Å²) in [5, 5.41) is 11.5. The highest BCUT2D eigenvalue weighted by molar-refractivity contribution is 5.93. The fraction of sp³-hybridized carbons (Fsp3) is 0.600. The van der Waals surface area contributed by atoms with E-state index in [9.17, 15) is 19.7 Å². The van der Waals surface area contributed by atoms with Crippen molar-refractivity contribution in [3.8, 4) is 0 Å². The van der Waals surface area contributed by atoms with Gasteiger partial charge in [-0.15, -0.1) is 0 Å². The minimum Gasteiger partial charge on any atom is -0.452 e. The summed E-state index contributed by atoms with van der Waals surface area (Å²) in [5.74, 6) is -0.982. The number of esters is 1. The first-order valence-corrected chi connectivity index (χ1v) is 9.98. The number of anilines is 1. The lowest BCUT2D eigenvalue weighted by molar-refractivity contribution is -0.384. The predicted octanol–water partition coefficient (Wildman–Crippen LogP) is 2.38. The molecule has 2 aliphatic rings. The molecule has 2 saturated heterocycles. The molecule has 0 bridgehead atoms. The van der Waals surface area contributed by atoms with E-state index in [1.807, 2.05) is 18.7 Å². The second-order valence-electron chi connectivity index (χ2n) is 7.57. The molecule has 29 heavy (non-hydrogen) atoms. The van der Waals surface area contributed by atoms with Crippen molar-refractivity contribution in [2.24, 2.45) is 0 Å². The van der Waals surface area contributed by atoms with Crippen LogP contribution in [0.5, 0.6) is 0 Å². The first kappa shape index (κ1) is 21.0. The number of nitro benzene ring substituents is 1. The Morgan fingerprint density at radius 3 is 2.48 bits per heavy atom. The summed E-state index contributed by atoms with van der Waals surface area (Å²) in [4.78, 5) is 39.6. The summed E-state index contributed by atoms with van der Waals surface area (Å²) >= 11 is 0. The molecule has 0 aliphatic carbocycles. The molecule has 3 rings (SSSR count). The molecule has 0 unspecified atom stereocenters. The van der Waals surface area contributed by atoms with Gasteiger partial charge in [0, 0.05) is 31.2 Å². The molecule has 158 valence electrons. The molecule has 0 saturated carbocycles. The molecule has 0 radical (unpaired) electrons. The Morgan fingerprint density at radius 1 is 1.21 bits per heavy atom. The number of nitrogens with zero attached hydrogens (tertiary/aromatic N) is 3. The van der Waals surface area contributed by atoms with E-state index in [-0.39, 0.29) is 35.8 Å². The summed E-state index contributed by atoms with van der Waals surface area (Å²) in [6.07, 6.45) is 2.93. The Morgan fingerprint density at radius 2 is 1.86 bits per heavy atom. The summed E-state index contributed by atoms with van der Waals surface area (Å²) < 4.78 is 10.5. The van der Waals surface area contributed by atoms with E-state index in [1.165, 1.54) is 12.1 Å². The Kier molecular flexibility index (Phi) is 6.68. The number of hydrogen-bond acceptors (Lipinski definition) is 7. The zero-order chi connectivity index (χ0) is 21.0. The van der Waals surface area contributed by atoms with Gasteiger partial charge in [0.2, 0.25) is 0 Å². The van der Waals surface area contributed by atoms with Crippen LogP contribution in [0.2, 0.25) is 0 Å². The standard InChI is InChI=1S/C20H27N3O6/c1-14-4-3-5-15(2)22(14)19(24)13-29-20(25)16-6-7-17(18(12-16)23(26)27)21-8-10-28-11-9-21/h6-7,12,14-15H,3-5,8-11,13H2,1-2H3/t14-,15+. The number of carbonyl (C=O) groups is 2. The van der Waals surface area contributed by atoms with E-state index < -0.39 is 10.9 Å². The zero-order valence-corrected chi connectivity index (χ0v) is 16.8. The molecule has 0 aromatic heterocycles. The Balaban J connectivity index is 1.68. The van der Waals surface area contributed by atoms with Gasteiger partial charge in [0.25, 0.3) is 11.6 Å². The maximum absolute atomic E-state index is 12.5. The van der Waals surface area contributed by atoms with E-state index in [2.05, 4.69) is 0 Å². The van der Waals surface area contributed by atoms with Gasteiger partial charge in [0.15, 0.2) is 6.61 Å². The first-order chi connectivity index (χ1) is 13.9. The highest BCUT2D eigenvalue weighted by Crippen LogP contribution is 2.30. The Bertz CT molecular complexity index is 767. The van der Waals surface area contributed by atoms with Crippen LogP contribution in [-0.4, -0.2) is 66.7 Å². The van der Waals surface area contributed by atoms with Crippen LogP contribution in [-0.2, 0) is 14.3 Å². The Labute approximate surface area is 169 Å². The smallest absolute Gasteiger partial charge is 0.338 e. The van der Waals surface area contributed by atoms with E-state index in [4.69, 9.17) is 9.47 Å². The van der Waals surface area contributed by atoms with Gasteiger partial charge in [-0.2, -0.15) is 0 Å². The maximum atomic E-state index is 12.5.